The molecule has 2 N–H and O–H groups in total. The minimum absolute atomic E-state index is 0.197. The van der Waals surface area contributed by atoms with Crippen molar-refractivity contribution in [1.29, 1.82) is 0 Å². The molecule has 1 saturated carbocycles. The number of nitrogens with one attached hydrogen (secondary N) is 2. The van der Waals surface area contributed by atoms with E-state index in [1.165, 1.54) is 6.42 Å². The van der Waals surface area contributed by atoms with Gasteiger partial charge in [0.15, 0.2) is 0 Å². The summed E-state index contributed by atoms with van der Waals surface area (Å²) in [5, 5.41) is 5.46. The zero-order chi connectivity index (χ0) is 19.9. The molecular weight excluding hydrogens is 356 g/mol. The summed E-state index contributed by atoms with van der Waals surface area (Å²) in [6.07, 6.45) is 5.53. The van der Waals surface area contributed by atoms with Crippen molar-refractivity contribution >= 4 is 17.6 Å². The number of benzene rings is 1. The first-order chi connectivity index (χ1) is 13.6. The van der Waals surface area contributed by atoms with Crippen LogP contribution in [0.5, 0.6) is 5.75 Å². The molecule has 0 unspecified atom stereocenters. The van der Waals surface area contributed by atoms with E-state index >= 15 is 0 Å². The van der Waals surface area contributed by atoms with Crippen molar-refractivity contribution in [1.82, 2.24) is 15.5 Å². The highest BCUT2D eigenvalue weighted by molar-refractivity contribution is 5.96. The quantitative estimate of drug-likeness (QED) is 0.810. The number of methoxy groups -OCH3 is 1. The van der Waals surface area contributed by atoms with Gasteiger partial charge in [0.05, 0.1) is 13.2 Å². The Hall–Kier alpha value is -2.28. The molecule has 1 aliphatic carbocycles. The summed E-state index contributed by atoms with van der Waals surface area (Å²) >= 11 is 0. The maximum Gasteiger partial charge on any atom is 0.321 e. The summed E-state index contributed by atoms with van der Waals surface area (Å²) in [7, 11) is 1.67. The van der Waals surface area contributed by atoms with E-state index < -0.39 is 0 Å². The van der Waals surface area contributed by atoms with E-state index in [-0.39, 0.29) is 24.0 Å². The molecule has 3 rings (SSSR count). The van der Waals surface area contributed by atoms with Crippen molar-refractivity contribution in [2.24, 2.45) is 0 Å². The Labute approximate surface area is 167 Å². The van der Waals surface area contributed by atoms with Gasteiger partial charge in [-0.2, -0.15) is 0 Å². The van der Waals surface area contributed by atoms with Gasteiger partial charge in [0, 0.05) is 44.0 Å². The summed E-state index contributed by atoms with van der Waals surface area (Å²) in [6, 6.07) is 7.53. The molecule has 7 heteroatoms. The number of imide groups is 1. The second kappa shape index (κ2) is 9.78. The van der Waals surface area contributed by atoms with Crippen LogP contribution in [0.1, 0.15) is 39.0 Å². The number of urea groups is 1. The standard InChI is InChI=1S/C21H32N4O3/c1-16(20(26)23-21(27)22-17-7-4-3-5-8-17)24-11-13-25(14-12-24)18-9-6-10-19(15-18)28-2/h6,9-10,15-17H,3-5,7-8,11-14H2,1-2H3,(H2,22,23,26,27)/t16-/m0/s1. The summed E-state index contributed by atoms with van der Waals surface area (Å²) in [4.78, 5) is 29.0. The number of rotatable bonds is 5. The number of nitrogens with zero attached hydrogens (tertiary/aromatic N) is 2. The second-order valence-electron chi connectivity index (χ2n) is 7.70. The maximum absolute atomic E-state index is 12.5. The SMILES string of the molecule is COc1cccc(N2CCN([C@@H](C)C(=O)NC(=O)NC3CCCCC3)CC2)c1. The molecule has 154 valence electrons. The highest BCUT2D eigenvalue weighted by Gasteiger charge is 2.27. The highest BCUT2D eigenvalue weighted by Crippen LogP contribution is 2.22. The molecular formula is C21H32N4O3. The number of carbonyl (C=O) groups excluding carboxylic acids is 2. The van der Waals surface area contributed by atoms with Gasteiger partial charge >= 0.3 is 6.03 Å². The van der Waals surface area contributed by atoms with Gasteiger partial charge in [0.25, 0.3) is 0 Å². The van der Waals surface area contributed by atoms with Crippen LogP contribution in [-0.2, 0) is 4.79 Å². The Kier molecular flexibility index (Phi) is 7.14. The van der Waals surface area contributed by atoms with Gasteiger partial charge in [-0.25, -0.2) is 4.79 Å². The fourth-order valence-corrected chi connectivity index (χ4v) is 4.03. The van der Waals surface area contributed by atoms with Gasteiger partial charge in [-0.1, -0.05) is 25.3 Å². The second-order valence-corrected chi connectivity index (χ2v) is 7.70. The smallest absolute Gasteiger partial charge is 0.321 e. The first-order valence-electron chi connectivity index (χ1n) is 10.3. The predicted molar refractivity (Wildman–Crippen MR) is 110 cm³/mol. The molecule has 1 atom stereocenters. The molecule has 0 spiro atoms. The lowest BCUT2D eigenvalue weighted by Gasteiger charge is -2.38. The number of hydrogen-bond acceptors (Lipinski definition) is 5. The fourth-order valence-electron chi connectivity index (χ4n) is 4.03. The van der Waals surface area contributed by atoms with Crippen molar-refractivity contribution < 1.29 is 14.3 Å². The van der Waals surface area contributed by atoms with Gasteiger partial charge in [0.1, 0.15) is 5.75 Å². The minimum atomic E-state index is -0.362. The fraction of sp³-hybridized carbons (Fsp3) is 0.619. The third-order valence-electron chi connectivity index (χ3n) is 5.84. The molecule has 3 amide bonds. The molecule has 2 fully saturated rings. The van der Waals surface area contributed by atoms with Crippen LogP contribution in [0.25, 0.3) is 0 Å². The van der Waals surface area contributed by atoms with E-state index in [9.17, 15) is 9.59 Å². The van der Waals surface area contributed by atoms with Crippen LogP contribution in [-0.4, -0.2) is 62.2 Å². The molecule has 2 aliphatic rings. The van der Waals surface area contributed by atoms with E-state index in [4.69, 9.17) is 4.74 Å². The normalized spacial score (nSPS) is 19.7. The van der Waals surface area contributed by atoms with Gasteiger partial charge in [-0.05, 0) is 31.9 Å². The van der Waals surface area contributed by atoms with Crippen LogP contribution < -0.4 is 20.3 Å². The highest BCUT2D eigenvalue weighted by atomic mass is 16.5. The lowest BCUT2D eigenvalue weighted by Crippen LogP contribution is -2.56. The van der Waals surface area contributed by atoms with Gasteiger partial charge in [0.2, 0.25) is 5.91 Å². The summed E-state index contributed by atoms with van der Waals surface area (Å²) in [6.45, 7) is 5.08. The lowest BCUT2D eigenvalue weighted by molar-refractivity contribution is -0.124. The van der Waals surface area contributed by atoms with Crippen LogP contribution in [0.15, 0.2) is 24.3 Å². The van der Waals surface area contributed by atoms with Crippen molar-refractivity contribution in [2.45, 2.75) is 51.1 Å². The van der Waals surface area contributed by atoms with Crippen molar-refractivity contribution in [3.8, 4) is 5.75 Å². The Balaban J connectivity index is 1.45. The predicted octanol–water partition coefficient (Wildman–Crippen LogP) is 2.36. The van der Waals surface area contributed by atoms with Crippen LogP contribution in [0.2, 0.25) is 0 Å². The Bertz CT molecular complexity index is 667. The monoisotopic (exact) mass is 388 g/mol. The molecule has 1 aliphatic heterocycles. The number of anilines is 1. The van der Waals surface area contributed by atoms with Crippen molar-refractivity contribution in [3.63, 3.8) is 0 Å². The van der Waals surface area contributed by atoms with Gasteiger partial charge < -0.3 is 15.0 Å². The van der Waals surface area contributed by atoms with Crippen LogP contribution in [0.4, 0.5) is 10.5 Å². The molecule has 1 aromatic carbocycles. The average molecular weight is 389 g/mol. The first kappa shape index (κ1) is 20.5. The number of piperazine rings is 1. The van der Waals surface area contributed by atoms with Gasteiger partial charge in [-0.3, -0.25) is 15.0 Å². The lowest BCUT2D eigenvalue weighted by atomic mass is 9.96. The molecule has 1 heterocycles. The number of carbonyl (C=O) groups is 2. The zero-order valence-corrected chi connectivity index (χ0v) is 16.9. The number of ether oxygens (including phenoxy) is 1. The third kappa shape index (κ3) is 5.38. The largest absolute Gasteiger partial charge is 0.497 e. The Morgan fingerprint density at radius 1 is 1.11 bits per heavy atom. The minimum Gasteiger partial charge on any atom is -0.497 e. The number of amides is 3. The molecule has 1 aromatic rings. The third-order valence-corrected chi connectivity index (χ3v) is 5.84. The topological polar surface area (TPSA) is 73.9 Å². The van der Waals surface area contributed by atoms with Crippen LogP contribution in [0, 0.1) is 0 Å². The Morgan fingerprint density at radius 3 is 2.50 bits per heavy atom. The molecule has 0 radical (unpaired) electrons. The molecule has 7 nitrogen and oxygen atoms in total. The molecule has 0 bridgehead atoms. The van der Waals surface area contributed by atoms with Crippen molar-refractivity contribution in [3.05, 3.63) is 24.3 Å². The van der Waals surface area contributed by atoms with Gasteiger partial charge in [-0.15, -0.1) is 0 Å². The van der Waals surface area contributed by atoms with E-state index in [1.807, 2.05) is 25.1 Å². The zero-order valence-electron chi connectivity index (χ0n) is 16.9. The summed E-state index contributed by atoms with van der Waals surface area (Å²) in [5.74, 6) is 0.611. The molecule has 0 aromatic heterocycles. The summed E-state index contributed by atoms with van der Waals surface area (Å²) < 4.78 is 5.30. The molecule has 28 heavy (non-hydrogen) atoms. The number of hydrogen-bond donors (Lipinski definition) is 2. The van der Waals surface area contributed by atoms with Crippen LogP contribution >= 0.6 is 0 Å². The van der Waals surface area contributed by atoms with E-state index in [2.05, 4.69) is 26.5 Å². The van der Waals surface area contributed by atoms with E-state index in [1.54, 1.807) is 7.11 Å². The first-order valence-corrected chi connectivity index (χ1v) is 10.3. The van der Waals surface area contributed by atoms with Crippen molar-refractivity contribution in [2.75, 3.05) is 38.2 Å². The van der Waals surface area contributed by atoms with E-state index in [0.29, 0.717) is 0 Å². The van der Waals surface area contributed by atoms with Crippen LogP contribution in [0.3, 0.4) is 0 Å². The summed E-state index contributed by atoms with van der Waals surface area (Å²) in [5.41, 5.74) is 1.13. The molecule has 1 saturated heterocycles. The average Bonchev–Trinajstić information content (AvgIpc) is 2.74. The maximum atomic E-state index is 12.5. The van der Waals surface area contributed by atoms with E-state index in [0.717, 1.165) is 63.3 Å². The Morgan fingerprint density at radius 2 is 1.82 bits per heavy atom.